The second-order valence-electron chi connectivity index (χ2n) is 4.53. The van der Waals surface area contributed by atoms with E-state index in [-0.39, 0.29) is 17.8 Å². The maximum atomic E-state index is 11.5. The SMILES string of the molecule is CC(C)(C)C(=O)COCc1cccnc1. The molecular weight excluding hydrogens is 190 g/mol. The number of carbonyl (C=O) groups excluding carboxylic acids is 1. The molecule has 1 rings (SSSR count). The number of hydrogen-bond acceptors (Lipinski definition) is 3. The Hall–Kier alpha value is -1.22. The van der Waals surface area contributed by atoms with E-state index in [4.69, 9.17) is 4.74 Å². The molecule has 0 aliphatic heterocycles. The molecule has 3 heteroatoms. The van der Waals surface area contributed by atoms with Crippen molar-refractivity contribution in [3.63, 3.8) is 0 Å². The van der Waals surface area contributed by atoms with Crippen LogP contribution in [-0.4, -0.2) is 17.4 Å². The fourth-order valence-electron chi connectivity index (χ4n) is 0.962. The van der Waals surface area contributed by atoms with Crippen LogP contribution in [0, 0.1) is 5.41 Å². The minimum Gasteiger partial charge on any atom is -0.369 e. The van der Waals surface area contributed by atoms with Crippen LogP contribution < -0.4 is 0 Å². The van der Waals surface area contributed by atoms with E-state index in [1.54, 1.807) is 12.4 Å². The summed E-state index contributed by atoms with van der Waals surface area (Å²) in [6, 6.07) is 3.78. The summed E-state index contributed by atoms with van der Waals surface area (Å²) in [7, 11) is 0. The first-order valence-corrected chi connectivity index (χ1v) is 5.00. The Morgan fingerprint density at radius 3 is 2.73 bits per heavy atom. The first kappa shape index (κ1) is 11.9. The third kappa shape index (κ3) is 4.21. The predicted molar refractivity (Wildman–Crippen MR) is 58.4 cm³/mol. The Morgan fingerprint density at radius 1 is 1.47 bits per heavy atom. The minimum absolute atomic E-state index is 0.117. The lowest BCUT2D eigenvalue weighted by Gasteiger charge is -2.16. The van der Waals surface area contributed by atoms with E-state index in [0.717, 1.165) is 5.56 Å². The van der Waals surface area contributed by atoms with Gasteiger partial charge in [-0.25, -0.2) is 0 Å². The van der Waals surface area contributed by atoms with E-state index in [1.165, 1.54) is 0 Å². The van der Waals surface area contributed by atoms with Gasteiger partial charge in [-0.15, -0.1) is 0 Å². The summed E-state index contributed by atoms with van der Waals surface area (Å²) in [5.41, 5.74) is 0.661. The molecule has 1 heterocycles. The first-order valence-electron chi connectivity index (χ1n) is 5.00. The first-order chi connectivity index (χ1) is 7.00. The fraction of sp³-hybridized carbons (Fsp3) is 0.500. The van der Waals surface area contributed by atoms with Gasteiger partial charge in [-0.1, -0.05) is 26.8 Å². The van der Waals surface area contributed by atoms with E-state index in [9.17, 15) is 4.79 Å². The molecule has 0 bridgehead atoms. The fourth-order valence-corrected chi connectivity index (χ4v) is 0.962. The van der Waals surface area contributed by atoms with Gasteiger partial charge in [-0.2, -0.15) is 0 Å². The Kier molecular flexibility index (Phi) is 3.97. The third-order valence-corrected chi connectivity index (χ3v) is 2.06. The number of pyridine rings is 1. The Labute approximate surface area is 90.5 Å². The van der Waals surface area contributed by atoms with Crippen molar-refractivity contribution in [1.82, 2.24) is 4.98 Å². The van der Waals surface area contributed by atoms with Gasteiger partial charge >= 0.3 is 0 Å². The van der Waals surface area contributed by atoms with Gasteiger partial charge in [0.05, 0.1) is 6.61 Å². The quantitative estimate of drug-likeness (QED) is 0.760. The summed E-state index contributed by atoms with van der Waals surface area (Å²) in [6.45, 7) is 6.28. The van der Waals surface area contributed by atoms with Crippen LogP contribution in [0.15, 0.2) is 24.5 Å². The Balaban J connectivity index is 2.32. The molecule has 0 aliphatic rings. The highest BCUT2D eigenvalue weighted by molar-refractivity contribution is 5.84. The normalized spacial score (nSPS) is 11.4. The zero-order valence-electron chi connectivity index (χ0n) is 9.49. The van der Waals surface area contributed by atoms with Gasteiger partial charge in [-0.05, 0) is 11.6 Å². The van der Waals surface area contributed by atoms with Crippen molar-refractivity contribution in [2.75, 3.05) is 6.61 Å². The molecule has 0 aromatic carbocycles. The number of carbonyl (C=O) groups is 1. The smallest absolute Gasteiger partial charge is 0.163 e. The van der Waals surface area contributed by atoms with Crippen molar-refractivity contribution in [2.45, 2.75) is 27.4 Å². The van der Waals surface area contributed by atoms with Crippen molar-refractivity contribution in [2.24, 2.45) is 5.41 Å². The molecule has 15 heavy (non-hydrogen) atoms. The summed E-state index contributed by atoms with van der Waals surface area (Å²) >= 11 is 0. The highest BCUT2D eigenvalue weighted by Crippen LogP contribution is 2.14. The Bertz CT molecular complexity index is 314. The number of Topliss-reactive ketones (excluding diaryl/α,β-unsaturated/α-hetero) is 1. The number of aromatic nitrogens is 1. The molecule has 0 aliphatic carbocycles. The second-order valence-corrected chi connectivity index (χ2v) is 4.53. The lowest BCUT2D eigenvalue weighted by Crippen LogP contribution is -2.24. The van der Waals surface area contributed by atoms with E-state index >= 15 is 0 Å². The largest absolute Gasteiger partial charge is 0.369 e. The van der Waals surface area contributed by atoms with Crippen LogP contribution in [0.5, 0.6) is 0 Å². The predicted octanol–water partition coefficient (Wildman–Crippen LogP) is 2.21. The van der Waals surface area contributed by atoms with Gasteiger partial charge in [0.15, 0.2) is 5.78 Å². The van der Waals surface area contributed by atoms with Crippen molar-refractivity contribution in [1.29, 1.82) is 0 Å². The van der Waals surface area contributed by atoms with Gasteiger partial charge in [0.2, 0.25) is 0 Å². The monoisotopic (exact) mass is 207 g/mol. The number of nitrogens with zero attached hydrogens (tertiary/aromatic N) is 1. The molecular formula is C12H17NO2. The van der Waals surface area contributed by atoms with Crippen LogP contribution in [0.2, 0.25) is 0 Å². The molecule has 0 atom stereocenters. The lowest BCUT2D eigenvalue weighted by molar-refractivity contribution is -0.131. The maximum absolute atomic E-state index is 11.5. The molecule has 0 radical (unpaired) electrons. The molecule has 1 aromatic heterocycles. The maximum Gasteiger partial charge on any atom is 0.163 e. The van der Waals surface area contributed by atoms with E-state index in [2.05, 4.69) is 4.98 Å². The molecule has 0 spiro atoms. The van der Waals surface area contributed by atoms with Crippen molar-refractivity contribution in [3.05, 3.63) is 30.1 Å². The van der Waals surface area contributed by atoms with Crippen LogP contribution in [0.4, 0.5) is 0 Å². The highest BCUT2D eigenvalue weighted by Gasteiger charge is 2.20. The van der Waals surface area contributed by atoms with Crippen molar-refractivity contribution < 1.29 is 9.53 Å². The van der Waals surface area contributed by atoms with Gasteiger partial charge < -0.3 is 4.74 Å². The molecule has 0 saturated heterocycles. The number of ketones is 1. The topological polar surface area (TPSA) is 39.2 Å². The summed E-state index contributed by atoms with van der Waals surface area (Å²) in [5, 5.41) is 0. The second kappa shape index (κ2) is 5.03. The summed E-state index contributed by atoms with van der Waals surface area (Å²) in [6.07, 6.45) is 3.45. The molecule has 0 saturated carbocycles. The third-order valence-electron chi connectivity index (χ3n) is 2.06. The van der Waals surface area contributed by atoms with Gasteiger partial charge in [0.25, 0.3) is 0 Å². The zero-order valence-corrected chi connectivity index (χ0v) is 9.49. The van der Waals surface area contributed by atoms with Crippen molar-refractivity contribution >= 4 is 5.78 Å². The van der Waals surface area contributed by atoms with E-state index in [0.29, 0.717) is 6.61 Å². The van der Waals surface area contributed by atoms with Gasteiger partial charge in [-0.3, -0.25) is 9.78 Å². The summed E-state index contributed by atoms with van der Waals surface area (Å²) in [4.78, 5) is 15.5. The van der Waals surface area contributed by atoms with Crippen LogP contribution in [0.25, 0.3) is 0 Å². The average Bonchev–Trinajstić information content (AvgIpc) is 2.18. The van der Waals surface area contributed by atoms with Gasteiger partial charge in [0, 0.05) is 17.8 Å². The van der Waals surface area contributed by atoms with Crippen LogP contribution in [0.1, 0.15) is 26.3 Å². The van der Waals surface area contributed by atoms with Crippen molar-refractivity contribution in [3.8, 4) is 0 Å². The molecule has 82 valence electrons. The number of hydrogen-bond donors (Lipinski definition) is 0. The lowest BCUT2D eigenvalue weighted by atomic mass is 9.91. The zero-order chi connectivity index (χ0) is 11.3. The standard InChI is InChI=1S/C12H17NO2/c1-12(2,3)11(14)9-15-8-10-5-4-6-13-7-10/h4-7H,8-9H2,1-3H3. The molecule has 1 aromatic rings. The van der Waals surface area contributed by atoms with Crippen LogP contribution in [-0.2, 0) is 16.1 Å². The molecule has 0 N–H and O–H groups in total. The van der Waals surface area contributed by atoms with Crippen LogP contribution in [0.3, 0.4) is 0 Å². The number of rotatable bonds is 4. The van der Waals surface area contributed by atoms with Gasteiger partial charge in [0.1, 0.15) is 6.61 Å². The highest BCUT2D eigenvalue weighted by atomic mass is 16.5. The Morgan fingerprint density at radius 2 is 2.20 bits per heavy atom. The average molecular weight is 207 g/mol. The summed E-state index contributed by atoms with van der Waals surface area (Å²) < 4.78 is 5.32. The molecule has 3 nitrogen and oxygen atoms in total. The molecule has 0 amide bonds. The van der Waals surface area contributed by atoms with E-state index < -0.39 is 0 Å². The van der Waals surface area contributed by atoms with Crippen LogP contribution >= 0.6 is 0 Å². The minimum atomic E-state index is -0.324. The number of ether oxygens (including phenoxy) is 1. The van der Waals surface area contributed by atoms with E-state index in [1.807, 2.05) is 32.9 Å². The molecule has 0 unspecified atom stereocenters. The molecule has 0 fully saturated rings. The summed E-state index contributed by atoms with van der Waals surface area (Å²) in [5.74, 6) is 0.117.